The van der Waals surface area contributed by atoms with E-state index in [4.69, 9.17) is 0 Å². The summed E-state index contributed by atoms with van der Waals surface area (Å²) in [5.74, 6) is -0.113. The number of quaternary nitrogens is 4. The molecule has 0 spiro atoms. The van der Waals surface area contributed by atoms with Crippen molar-refractivity contribution in [3.05, 3.63) is 35.0 Å². The van der Waals surface area contributed by atoms with Crippen LogP contribution in [-0.4, -0.2) is 44.5 Å². The molecule has 1 aromatic carbocycles. The molecule has 3 N–H and O–H groups in total. The first-order valence-electron chi connectivity index (χ1n) is 7.71. The number of nitrogens with zero attached hydrogens (tertiary/aromatic N) is 1. The predicted molar refractivity (Wildman–Crippen MR) is 77.8 cm³/mol. The molecule has 0 amide bonds. The lowest BCUT2D eigenvalue weighted by Gasteiger charge is -2.52. The maximum atomic E-state index is 13.6. The van der Waals surface area contributed by atoms with E-state index in [-0.39, 0.29) is 5.82 Å². The molecule has 0 saturated carbocycles. The average molecular weight is 308 g/mol. The summed E-state index contributed by atoms with van der Waals surface area (Å²) in [7, 11) is 0. The van der Waals surface area contributed by atoms with Crippen LogP contribution in [0.5, 0.6) is 0 Å². The molecule has 0 atom stereocenters. The highest BCUT2D eigenvalue weighted by Gasteiger charge is 2.56. The van der Waals surface area contributed by atoms with Crippen LogP contribution in [-0.2, 0) is 6.54 Å². The molecule has 0 unspecified atom stereocenters. The monoisotopic (exact) mass is 308 g/mol. The molecule has 4 fully saturated rings. The van der Waals surface area contributed by atoms with Gasteiger partial charge >= 0.3 is 0 Å². The van der Waals surface area contributed by atoms with Gasteiger partial charge in [0, 0.05) is 21.0 Å². The Morgan fingerprint density at radius 3 is 2.38 bits per heavy atom. The van der Waals surface area contributed by atoms with Crippen LogP contribution in [0.3, 0.4) is 0 Å². The highest BCUT2D eigenvalue weighted by Crippen LogP contribution is 2.29. The minimum Gasteiger partial charge on any atom is -0.207 e. The van der Waals surface area contributed by atoms with Gasteiger partial charge in [-0.25, -0.2) is 4.39 Å². The quantitative estimate of drug-likeness (QED) is 0.521. The van der Waals surface area contributed by atoms with E-state index in [1.54, 1.807) is 38.2 Å². The van der Waals surface area contributed by atoms with E-state index >= 15 is 0 Å². The lowest BCUT2D eigenvalue weighted by Crippen LogP contribution is -3.57. The number of thiophene rings is 1. The zero-order valence-electron chi connectivity index (χ0n) is 12.0. The largest absolute Gasteiger partial charge is 0.223 e. The Kier molecular flexibility index (Phi) is 2.52. The van der Waals surface area contributed by atoms with Crippen molar-refractivity contribution in [2.24, 2.45) is 0 Å². The van der Waals surface area contributed by atoms with E-state index in [2.05, 4.69) is 5.38 Å². The first-order valence-corrected chi connectivity index (χ1v) is 8.59. The van der Waals surface area contributed by atoms with Crippen LogP contribution in [0, 0.1) is 5.82 Å². The van der Waals surface area contributed by atoms with Gasteiger partial charge in [-0.1, -0.05) is 0 Å². The van der Waals surface area contributed by atoms with Crippen LogP contribution in [0.15, 0.2) is 23.6 Å². The second-order valence-corrected chi connectivity index (χ2v) is 8.07. The summed E-state index contributed by atoms with van der Waals surface area (Å²) >= 11 is 1.75. The molecule has 5 heterocycles. The van der Waals surface area contributed by atoms with Gasteiger partial charge in [0.15, 0.2) is 0 Å². The van der Waals surface area contributed by atoms with Gasteiger partial charge in [-0.15, -0.1) is 11.3 Å². The SMILES string of the molecule is Fc1ccc2scc(C[N+]34C[NH+]5C[NH+](C[NH+](C5)C3)C4)c2c1. The minimum absolute atomic E-state index is 0.113. The number of fused-ring (bicyclic) bond motifs is 1. The van der Waals surface area contributed by atoms with Crippen molar-refractivity contribution >= 4 is 21.4 Å². The topological polar surface area (TPSA) is 13.3 Å². The van der Waals surface area contributed by atoms with Gasteiger partial charge < -0.3 is 0 Å². The number of rotatable bonds is 2. The molecule has 21 heavy (non-hydrogen) atoms. The zero-order valence-corrected chi connectivity index (χ0v) is 12.8. The molecule has 6 rings (SSSR count). The minimum atomic E-state index is -0.113. The lowest BCUT2D eigenvalue weighted by molar-refractivity contribution is -1.43. The number of hydrogen-bond acceptors (Lipinski definition) is 1. The molecular formula is C15H21FN4S+4. The van der Waals surface area contributed by atoms with Crippen molar-refractivity contribution in [1.29, 1.82) is 0 Å². The third-order valence-electron chi connectivity index (χ3n) is 5.30. The van der Waals surface area contributed by atoms with E-state index in [9.17, 15) is 4.39 Å². The molecule has 4 nitrogen and oxygen atoms in total. The number of hydrogen-bond donors (Lipinski definition) is 3. The number of nitrogens with one attached hydrogen (secondary N) is 3. The van der Waals surface area contributed by atoms with Crippen LogP contribution in [0.1, 0.15) is 5.56 Å². The Morgan fingerprint density at radius 2 is 1.71 bits per heavy atom. The van der Waals surface area contributed by atoms with Gasteiger partial charge in [-0.3, -0.25) is 0 Å². The van der Waals surface area contributed by atoms with Crippen molar-refractivity contribution in [2.45, 2.75) is 6.54 Å². The average Bonchev–Trinajstić information content (AvgIpc) is 2.79. The molecule has 4 saturated heterocycles. The first-order chi connectivity index (χ1) is 10.2. The van der Waals surface area contributed by atoms with Crippen molar-refractivity contribution in [3.8, 4) is 0 Å². The van der Waals surface area contributed by atoms with Gasteiger partial charge in [0.25, 0.3) is 0 Å². The molecule has 1 aromatic heterocycles. The highest BCUT2D eigenvalue weighted by molar-refractivity contribution is 7.17. The Balaban J connectivity index is 1.52. The highest BCUT2D eigenvalue weighted by atomic mass is 32.1. The summed E-state index contributed by atoms with van der Waals surface area (Å²) < 4.78 is 16.0. The summed E-state index contributed by atoms with van der Waals surface area (Å²) in [6.07, 6.45) is 0. The van der Waals surface area contributed by atoms with Gasteiger partial charge in [0.05, 0.1) is 0 Å². The van der Waals surface area contributed by atoms with Crippen molar-refractivity contribution in [1.82, 2.24) is 0 Å². The van der Waals surface area contributed by atoms with E-state index < -0.39 is 0 Å². The predicted octanol–water partition coefficient (Wildman–Crippen LogP) is -2.20. The molecule has 4 aliphatic heterocycles. The molecule has 0 radical (unpaired) electrons. The van der Waals surface area contributed by atoms with Crippen LogP contribution < -0.4 is 14.7 Å². The van der Waals surface area contributed by atoms with E-state index in [1.165, 1.54) is 54.8 Å². The summed E-state index contributed by atoms with van der Waals surface area (Å²) in [6, 6.07) is 5.21. The third-order valence-corrected chi connectivity index (χ3v) is 6.31. The molecule has 110 valence electrons. The second-order valence-electron chi connectivity index (χ2n) is 7.16. The fraction of sp³-hybridized carbons (Fsp3) is 0.467. The Labute approximate surface area is 127 Å². The molecule has 0 aliphatic carbocycles. The van der Waals surface area contributed by atoms with Crippen LogP contribution >= 0.6 is 11.3 Å². The summed E-state index contributed by atoms with van der Waals surface area (Å²) in [4.78, 5) is 5.23. The van der Waals surface area contributed by atoms with Crippen LogP contribution in [0.25, 0.3) is 10.1 Å². The van der Waals surface area contributed by atoms with Crippen molar-refractivity contribution in [2.75, 3.05) is 40.0 Å². The smallest absolute Gasteiger partial charge is 0.207 e. The fourth-order valence-corrected chi connectivity index (χ4v) is 5.81. The van der Waals surface area contributed by atoms with Gasteiger partial charge in [0.1, 0.15) is 12.4 Å². The van der Waals surface area contributed by atoms with E-state index in [1.807, 2.05) is 6.07 Å². The molecule has 4 aliphatic rings. The standard InChI is InChI=1S/C15H18FN4S/c16-13-1-2-15-14(3-13)12(5-21-15)4-20-9-17-6-18(10-20)8-19(7-17)11-20/h1-3,5H,4,6-11H2/q+1/p+3. The third kappa shape index (κ3) is 1.94. The van der Waals surface area contributed by atoms with Gasteiger partial charge in [0.2, 0.25) is 40.0 Å². The Hall–Kier alpha value is -1.05. The van der Waals surface area contributed by atoms with E-state index in [0.717, 1.165) is 11.9 Å². The number of benzene rings is 1. The van der Waals surface area contributed by atoms with Crippen LogP contribution in [0.2, 0.25) is 0 Å². The molecular weight excluding hydrogens is 287 g/mol. The summed E-state index contributed by atoms with van der Waals surface area (Å²) in [5.41, 5.74) is 1.35. The van der Waals surface area contributed by atoms with Gasteiger partial charge in [-0.05, 0) is 18.2 Å². The van der Waals surface area contributed by atoms with E-state index in [0.29, 0.717) is 0 Å². The first kappa shape index (κ1) is 12.5. The lowest BCUT2D eigenvalue weighted by atomic mass is 10.1. The fourth-order valence-electron chi connectivity index (χ4n) is 4.88. The van der Waals surface area contributed by atoms with Crippen molar-refractivity contribution < 1.29 is 23.6 Å². The normalized spacial score (nSPS) is 37.5. The summed E-state index contributed by atoms with van der Waals surface area (Å²) in [6.45, 7) is 8.70. The second kappa shape index (κ2) is 4.24. The van der Waals surface area contributed by atoms with Crippen molar-refractivity contribution in [3.63, 3.8) is 0 Å². The van der Waals surface area contributed by atoms with Gasteiger partial charge in [-0.2, -0.15) is 19.2 Å². The van der Waals surface area contributed by atoms with Crippen LogP contribution in [0.4, 0.5) is 4.39 Å². The Morgan fingerprint density at radius 1 is 1.05 bits per heavy atom. The maximum absolute atomic E-state index is 13.6. The zero-order chi connectivity index (χ0) is 14.0. The Bertz CT molecular complexity index is 677. The maximum Gasteiger partial charge on any atom is 0.223 e. The molecule has 4 bridgehead atoms. The number of halogens is 1. The molecule has 2 aromatic rings. The summed E-state index contributed by atoms with van der Waals surface area (Å²) in [5, 5.41) is 3.38. The molecule has 6 heteroatoms.